The van der Waals surface area contributed by atoms with Gasteiger partial charge in [-0.1, -0.05) is 0 Å². The van der Waals surface area contributed by atoms with Gasteiger partial charge in [-0.25, -0.2) is 17.8 Å². The van der Waals surface area contributed by atoms with Crippen LogP contribution in [0.3, 0.4) is 0 Å². The number of nitrogens with one attached hydrogen (secondary N) is 3. The lowest BCUT2D eigenvalue weighted by atomic mass is 9.76. The number of benzene rings is 2. The summed E-state index contributed by atoms with van der Waals surface area (Å²) in [4.78, 5) is 8.88. The zero-order chi connectivity index (χ0) is 29.4. The van der Waals surface area contributed by atoms with E-state index in [9.17, 15) is 18.1 Å². The number of halogens is 1. The zero-order valence-electron chi connectivity index (χ0n) is 23.3. The summed E-state index contributed by atoms with van der Waals surface area (Å²) < 4.78 is 44.0. The van der Waals surface area contributed by atoms with E-state index in [0.717, 1.165) is 30.6 Å². The number of sulfonamides is 1. The third-order valence-electron chi connectivity index (χ3n) is 8.28. The molecule has 1 aliphatic carbocycles. The summed E-state index contributed by atoms with van der Waals surface area (Å²) >= 11 is 0. The van der Waals surface area contributed by atoms with Crippen LogP contribution in [0, 0.1) is 17.1 Å². The Labute approximate surface area is 244 Å². The molecule has 0 saturated heterocycles. The van der Waals surface area contributed by atoms with E-state index in [1.54, 1.807) is 55.7 Å². The first-order valence-electron chi connectivity index (χ1n) is 13.8. The predicted molar refractivity (Wildman–Crippen MR) is 158 cm³/mol. The molecule has 2 aliphatic rings. The van der Waals surface area contributed by atoms with Crippen molar-refractivity contribution in [2.45, 2.75) is 48.7 Å². The molecule has 12 heteroatoms. The molecule has 3 N–H and O–H groups in total. The molecule has 2 aromatic heterocycles. The molecule has 1 aliphatic heterocycles. The molecule has 0 amide bonds. The van der Waals surface area contributed by atoms with E-state index in [1.165, 1.54) is 16.4 Å². The number of anilines is 4. The van der Waals surface area contributed by atoms with E-state index >= 15 is 0 Å². The highest BCUT2D eigenvalue weighted by Gasteiger charge is 2.41. The maximum absolute atomic E-state index is 13.6. The van der Waals surface area contributed by atoms with Crippen LogP contribution >= 0.6 is 0 Å². The molecule has 42 heavy (non-hydrogen) atoms. The van der Waals surface area contributed by atoms with Crippen molar-refractivity contribution in [2.75, 3.05) is 17.7 Å². The van der Waals surface area contributed by atoms with E-state index in [2.05, 4.69) is 32.0 Å². The number of fused-ring (bicyclic) bond motifs is 3. The summed E-state index contributed by atoms with van der Waals surface area (Å²) in [5, 5.41) is 19.3. The molecular weight excluding hydrogens is 555 g/mol. The molecule has 6 rings (SSSR count). The quantitative estimate of drug-likeness (QED) is 0.283. The minimum absolute atomic E-state index is 0.136. The van der Waals surface area contributed by atoms with Crippen molar-refractivity contribution in [1.82, 2.24) is 24.2 Å². The van der Waals surface area contributed by atoms with Crippen LogP contribution < -0.4 is 16.0 Å². The van der Waals surface area contributed by atoms with Crippen molar-refractivity contribution in [3.63, 3.8) is 0 Å². The smallest absolute Gasteiger partial charge is 0.243 e. The fourth-order valence-corrected chi connectivity index (χ4v) is 7.45. The van der Waals surface area contributed by atoms with E-state index in [1.807, 2.05) is 17.7 Å². The zero-order valence-corrected chi connectivity index (χ0v) is 24.1. The second kappa shape index (κ2) is 11.2. The maximum Gasteiger partial charge on any atom is 0.243 e. The fourth-order valence-electron chi connectivity index (χ4n) is 6.05. The number of nitriles is 1. The van der Waals surface area contributed by atoms with E-state index < -0.39 is 10.0 Å². The van der Waals surface area contributed by atoms with Gasteiger partial charge in [-0.3, -0.25) is 0 Å². The van der Waals surface area contributed by atoms with Crippen LogP contribution in [0.25, 0.3) is 0 Å². The number of aromatic nitrogens is 3. The summed E-state index contributed by atoms with van der Waals surface area (Å²) in [6, 6.07) is 18.5. The standard InChI is InChI=1S/C30H31FN8O2S/c1-38-24(17-32)15-19-18-34-27-12-9-23(16-26(27)29(19)38)39(2)42(40,41)25-10-7-22(8-11-25)36-30-33-14-13-28(37-30)35-21-5-3-20(31)4-6-21/h3-8,10-11,13-15,23,26-27,34H,9,12,16,18H2,1-2H3,(H2,33,35,36,37). The monoisotopic (exact) mass is 586 g/mol. The van der Waals surface area contributed by atoms with Crippen LogP contribution in [-0.4, -0.2) is 46.4 Å². The van der Waals surface area contributed by atoms with Gasteiger partial charge in [0.05, 0.1) is 4.90 Å². The second-order valence-corrected chi connectivity index (χ2v) is 12.7. The van der Waals surface area contributed by atoms with Crippen molar-refractivity contribution >= 4 is 33.2 Å². The van der Waals surface area contributed by atoms with Crippen molar-refractivity contribution in [2.24, 2.45) is 7.05 Å². The van der Waals surface area contributed by atoms with Crippen molar-refractivity contribution in [3.8, 4) is 6.07 Å². The molecular formula is C30H31FN8O2S. The first-order chi connectivity index (χ1) is 20.2. The summed E-state index contributed by atoms with van der Waals surface area (Å²) in [5.74, 6) is 0.663. The highest BCUT2D eigenvalue weighted by molar-refractivity contribution is 7.89. The highest BCUT2D eigenvalue weighted by atomic mass is 32.2. The first-order valence-corrected chi connectivity index (χ1v) is 15.2. The van der Waals surface area contributed by atoms with Crippen LogP contribution in [0.5, 0.6) is 0 Å². The van der Waals surface area contributed by atoms with Gasteiger partial charge in [-0.05, 0) is 85.5 Å². The molecule has 2 aromatic carbocycles. The van der Waals surface area contributed by atoms with Crippen LogP contribution in [0.15, 0.2) is 71.8 Å². The molecule has 4 aromatic rings. The van der Waals surface area contributed by atoms with E-state index in [4.69, 9.17) is 0 Å². The average Bonchev–Trinajstić information content (AvgIpc) is 3.34. The van der Waals surface area contributed by atoms with Crippen LogP contribution in [0.2, 0.25) is 0 Å². The van der Waals surface area contributed by atoms with Crippen molar-refractivity contribution in [3.05, 3.63) is 89.6 Å². The van der Waals surface area contributed by atoms with Gasteiger partial charge < -0.3 is 20.5 Å². The minimum atomic E-state index is -3.74. The lowest BCUT2D eigenvalue weighted by molar-refractivity contribution is 0.209. The third kappa shape index (κ3) is 5.34. The molecule has 0 bridgehead atoms. The van der Waals surface area contributed by atoms with Crippen molar-refractivity contribution in [1.29, 1.82) is 5.26 Å². The Balaban J connectivity index is 1.14. The van der Waals surface area contributed by atoms with Gasteiger partial charge in [0, 0.05) is 61.9 Å². The first kappa shape index (κ1) is 27.8. The SMILES string of the molecule is CN(C1CCC2NCc3cc(C#N)n(C)c3C2C1)S(=O)(=O)c1ccc(Nc2nccc(Nc3ccc(F)cc3)n2)cc1. The normalized spacial score (nSPS) is 19.9. The lowest BCUT2D eigenvalue weighted by Gasteiger charge is -2.42. The molecule has 3 unspecified atom stereocenters. The Morgan fingerprint density at radius 1 is 1.07 bits per heavy atom. The minimum Gasteiger partial charge on any atom is -0.340 e. The molecule has 1 fully saturated rings. The Morgan fingerprint density at radius 2 is 1.79 bits per heavy atom. The molecule has 216 valence electrons. The highest BCUT2D eigenvalue weighted by Crippen LogP contribution is 2.41. The summed E-state index contributed by atoms with van der Waals surface area (Å²) in [7, 11) is -0.164. The van der Waals surface area contributed by atoms with Crippen molar-refractivity contribution < 1.29 is 12.8 Å². The Kier molecular flexibility index (Phi) is 7.40. The van der Waals surface area contributed by atoms with E-state index in [-0.39, 0.29) is 28.7 Å². The van der Waals surface area contributed by atoms with Gasteiger partial charge in [0.2, 0.25) is 16.0 Å². The molecule has 10 nitrogen and oxygen atoms in total. The van der Waals surface area contributed by atoms with Crippen LogP contribution in [0.1, 0.15) is 42.1 Å². The number of hydrogen-bond acceptors (Lipinski definition) is 8. The molecule has 3 heterocycles. The van der Waals surface area contributed by atoms with Gasteiger partial charge in [0.25, 0.3) is 0 Å². The molecule has 0 spiro atoms. The van der Waals surface area contributed by atoms with Crippen LogP contribution in [-0.2, 0) is 23.6 Å². The average molecular weight is 587 g/mol. The summed E-state index contributed by atoms with van der Waals surface area (Å²) in [6.07, 6.45) is 3.89. The van der Waals surface area contributed by atoms with Gasteiger partial charge in [-0.2, -0.15) is 14.6 Å². The summed E-state index contributed by atoms with van der Waals surface area (Å²) in [6.45, 7) is 0.727. The van der Waals surface area contributed by atoms with Gasteiger partial charge in [-0.15, -0.1) is 0 Å². The molecule has 1 saturated carbocycles. The Morgan fingerprint density at radius 3 is 2.52 bits per heavy atom. The molecule has 0 radical (unpaired) electrons. The lowest BCUT2D eigenvalue weighted by Crippen LogP contribution is -2.49. The number of rotatable bonds is 7. The Hall–Kier alpha value is -4.31. The summed E-state index contributed by atoms with van der Waals surface area (Å²) in [5.41, 5.74) is 4.20. The number of nitrogens with zero attached hydrogens (tertiary/aromatic N) is 5. The fraction of sp³-hybridized carbons (Fsp3) is 0.300. The van der Waals surface area contributed by atoms with E-state index in [0.29, 0.717) is 35.3 Å². The topological polar surface area (TPSA) is 128 Å². The second-order valence-electron chi connectivity index (χ2n) is 10.7. The van der Waals surface area contributed by atoms with Gasteiger partial charge >= 0.3 is 0 Å². The Bertz CT molecular complexity index is 1750. The maximum atomic E-state index is 13.6. The van der Waals surface area contributed by atoms with Crippen LogP contribution in [0.4, 0.5) is 27.5 Å². The van der Waals surface area contributed by atoms with Gasteiger partial charge in [0.15, 0.2) is 0 Å². The third-order valence-corrected chi connectivity index (χ3v) is 10.2. The predicted octanol–water partition coefficient (Wildman–Crippen LogP) is 4.74. The number of hydrogen-bond donors (Lipinski definition) is 3. The molecule has 3 atom stereocenters. The largest absolute Gasteiger partial charge is 0.340 e. The van der Waals surface area contributed by atoms with Gasteiger partial charge in [0.1, 0.15) is 23.4 Å².